The molecule has 0 aromatic carbocycles. The van der Waals surface area contributed by atoms with E-state index in [1.54, 1.807) is 0 Å². The predicted octanol–water partition coefficient (Wildman–Crippen LogP) is 5.78. The zero-order chi connectivity index (χ0) is 14.4. The minimum atomic E-state index is 0.612. The molecule has 0 fully saturated rings. The van der Waals surface area contributed by atoms with Gasteiger partial charge in [-0.2, -0.15) is 0 Å². The van der Waals surface area contributed by atoms with Crippen molar-refractivity contribution in [2.24, 2.45) is 5.92 Å². The van der Waals surface area contributed by atoms with Crippen LogP contribution >= 0.6 is 22.7 Å². The van der Waals surface area contributed by atoms with Crippen molar-refractivity contribution in [1.29, 1.82) is 0 Å². The predicted molar refractivity (Wildman–Crippen MR) is 92.6 cm³/mol. The molecule has 1 nitrogen and oxygen atoms in total. The number of hydrogen-bond donors (Lipinski definition) is 1. The summed E-state index contributed by atoms with van der Waals surface area (Å²) in [5, 5.41) is 8.06. The van der Waals surface area contributed by atoms with Gasteiger partial charge in [0.25, 0.3) is 0 Å². The molecule has 0 amide bonds. The Bertz CT molecular complexity index is 485. The minimum Gasteiger partial charge on any atom is -0.309 e. The lowest BCUT2D eigenvalue weighted by molar-refractivity contribution is 0.458. The molecule has 0 aliphatic rings. The fourth-order valence-corrected chi connectivity index (χ4v) is 3.88. The molecule has 3 heteroatoms. The molecule has 20 heavy (non-hydrogen) atoms. The summed E-state index contributed by atoms with van der Waals surface area (Å²) >= 11 is 3.68. The van der Waals surface area contributed by atoms with Crippen LogP contribution in [0.15, 0.2) is 29.0 Å². The Morgan fingerprint density at radius 3 is 2.70 bits per heavy atom. The summed E-state index contributed by atoms with van der Waals surface area (Å²) < 4.78 is 0. The molecule has 0 spiro atoms. The van der Waals surface area contributed by atoms with Crippen molar-refractivity contribution in [3.63, 3.8) is 0 Å². The van der Waals surface area contributed by atoms with Crippen molar-refractivity contribution in [1.82, 2.24) is 5.32 Å². The van der Waals surface area contributed by atoms with E-state index in [9.17, 15) is 0 Å². The molecule has 1 unspecified atom stereocenters. The zero-order valence-corrected chi connectivity index (χ0v) is 14.3. The molecule has 0 aliphatic carbocycles. The van der Waals surface area contributed by atoms with Gasteiger partial charge < -0.3 is 5.32 Å². The summed E-state index contributed by atoms with van der Waals surface area (Å²) in [6.45, 7) is 7.90. The van der Waals surface area contributed by atoms with Gasteiger partial charge in [0.15, 0.2) is 0 Å². The van der Waals surface area contributed by atoms with E-state index in [0.717, 1.165) is 12.5 Å². The second-order valence-corrected chi connectivity index (χ2v) is 7.83. The molecule has 2 heterocycles. The van der Waals surface area contributed by atoms with Crippen molar-refractivity contribution in [3.05, 3.63) is 33.8 Å². The third kappa shape index (κ3) is 5.04. The van der Waals surface area contributed by atoms with Crippen molar-refractivity contribution >= 4 is 22.7 Å². The van der Waals surface area contributed by atoms with Crippen molar-refractivity contribution in [2.75, 3.05) is 0 Å². The summed E-state index contributed by atoms with van der Waals surface area (Å²) in [6.07, 6.45) is 3.95. The molecular weight excluding hydrogens is 282 g/mol. The highest BCUT2D eigenvalue weighted by atomic mass is 32.1. The van der Waals surface area contributed by atoms with E-state index in [1.165, 1.54) is 34.6 Å². The maximum atomic E-state index is 3.65. The molecule has 2 aromatic rings. The number of hydrogen-bond acceptors (Lipinski definition) is 3. The lowest BCUT2D eigenvalue weighted by Crippen LogP contribution is -2.24. The van der Waals surface area contributed by atoms with Gasteiger partial charge >= 0.3 is 0 Å². The van der Waals surface area contributed by atoms with E-state index in [1.807, 2.05) is 22.7 Å². The Hall–Kier alpha value is -0.640. The SMILES string of the molecule is CC(C)CCCC(C)NCc1cc(-c2cccs2)cs1. The van der Waals surface area contributed by atoms with Crippen LogP contribution < -0.4 is 5.32 Å². The average Bonchev–Trinajstić information content (AvgIpc) is 3.06. The summed E-state index contributed by atoms with van der Waals surface area (Å²) in [7, 11) is 0. The van der Waals surface area contributed by atoms with Gasteiger partial charge in [-0.25, -0.2) is 0 Å². The third-order valence-corrected chi connectivity index (χ3v) is 5.36. The van der Waals surface area contributed by atoms with E-state index in [2.05, 4.69) is 55.0 Å². The zero-order valence-electron chi connectivity index (χ0n) is 12.7. The van der Waals surface area contributed by atoms with Crippen LogP contribution in [0.5, 0.6) is 0 Å². The van der Waals surface area contributed by atoms with Crippen molar-refractivity contribution in [2.45, 2.75) is 52.6 Å². The number of thiophene rings is 2. The Morgan fingerprint density at radius 1 is 1.15 bits per heavy atom. The van der Waals surface area contributed by atoms with Gasteiger partial charge in [-0.15, -0.1) is 22.7 Å². The third-order valence-electron chi connectivity index (χ3n) is 3.50. The first-order valence-corrected chi connectivity index (χ1v) is 9.25. The van der Waals surface area contributed by atoms with Crippen LogP contribution in [0.4, 0.5) is 0 Å². The highest BCUT2D eigenvalue weighted by Gasteiger charge is 2.06. The first kappa shape index (κ1) is 15.7. The van der Waals surface area contributed by atoms with Gasteiger partial charge in [-0.1, -0.05) is 32.8 Å². The smallest absolute Gasteiger partial charge is 0.0351 e. The molecular formula is C17H25NS2. The molecule has 0 bridgehead atoms. The summed E-state index contributed by atoms with van der Waals surface area (Å²) in [4.78, 5) is 2.81. The molecule has 0 saturated carbocycles. The van der Waals surface area contributed by atoms with Gasteiger partial charge in [0.1, 0.15) is 0 Å². The van der Waals surface area contributed by atoms with Gasteiger partial charge in [0.05, 0.1) is 0 Å². The molecule has 0 radical (unpaired) electrons. The van der Waals surface area contributed by atoms with Crippen molar-refractivity contribution < 1.29 is 0 Å². The Morgan fingerprint density at radius 2 is 2.00 bits per heavy atom. The van der Waals surface area contributed by atoms with Crippen LogP contribution in [0.2, 0.25) is 0 Å². The molecule has 0 aliphatic heterocycles. The molecule has 110 valence electrons. The van der Waals surface area contributed by atoms with Gasteiger partial charge in [0.2, 0.25) is 0 Å². The summed E-state index contributed by atoms with van der Waals surface area (Å²) in [6, 6.07) is 7.25. The van der Waals surface area contributed by atoms with E-state index in [-0.39, 0.29) is 0 Å². The molecule has 2 aromatic heterocycles. The first-order valence-electron chi connectivity index (χ1n) is 7.50. The summed E-state index contributed by atoms with van der Waals surface area (Å²) in [5.74, 6) is 0.827. The fourth-order valence-electron chi connectivity index (χ4n) is 2.25. The van der Waals surface area contributed by atoms with E-state index < -0.39 is 0 Å². The quantitative estimate of drug-likeness (QED) is 0.651. The van der Waals surface area contributed by atoms with Gasteiger partial charge in [0, 0.05) is 27.9 Å². The molecule has 0 saturated heterocycles. The van der Waals surface area contributed by atoms with E-state index in [4.69, 9.17) is 0 Å². The number of rotatable bonds is 8. The van der Waals surface area contributed by atoms with Crippen LogP contribution in [0.1, 0.15) is 44.9 Å². The van der Waals surface area contributed by atoms with Crippen LogP contribution in [0.25, 0.3) is 10.4 Å². The van der Waals surface area contributed by atoms with E-state index in [0.29, 0.717) is 6.04 Å². The Kier molecular flexibility index (Phi) is 6.27. The average molecular weight is 308 g/mol. The standard InChI is InChI=1S/C17H25NS2/c1-13(2)6-4-7-14(3)18-11-16-10-15(12-20-16)17-8-5-9-19-17/h5,8-10,12-14,18H,4,6-7,11H2,1-3H3. The normalized spacial score (nSPS) is 13.0. The lowest BCUT2D eigenvalue weighted by atomic mass is 10.0. The largest absolute Gasteiger partial charge is 0.309 e. The van der Waals surface area contributed by atoms with Crippen LogP contribution in [0.3, 0.4) is 0 Å². The maximum Gasteiger partial charge on any atom is 0.0351 e. The molecule has 1 atom stereocenters. The van der Waals surface area contributed by atoms with Gasteiger partial charge in [-0.05, 0) is 42.2 Å². The fraction of sp³-hybridized carbons (Fsp3) is 0.529. The second kappa shape index (κ2) is 7.96. The monoisotopic (exact) mass is 307 g/mol. The summed E-state index contributed by atoms with van der Waals surface area (Å²) in [5.41, 5.74) is 1.37. The Labute approximate surface area is 131 Å². The Balaban J connectivity index is 1.74. The molecule has 1 N–H and O–H groups in total. The lowest BCUT2D eigenvalue weighted by Gasteiger charge is -2.13. The highest BCUT2D eigenvalue weighted by Crippen LogP contribution is 2.29. The van der Waals surface area contributed by atoms with Crippen LogP contribution in [0, 0.1) is 5.92 Å². The van der Waals surface area contributed by atoms with Crippen molar-refractivity contribution in [3.8, 4) is 10.4 Å². The first-order chi connectivity index (χ1) is 9.65. The van der Waals surface area contributed by atoms with E-state index >= 15 is 0 Å². The molecule has 2 rings (SSSR count). The minimum absolute atomic E-state index is 0.612. The van der Waals surface area contributed by atoms with Crippen LogP contribution in [-0.4, -0.2) is 6.04 Å². The highest BCUT2D eigenvalue weighted by molar-refractivity contribution is 7.14. The number of nitrogens with one attached hydrogen (secondary N) is 1. The van der Waals surface area contributed by atoms with Crippen LogP contribution in [-0.2, 0) is 6.54 Å². The second-order valence-electron chi connectivity index (χ2n) is 5.89. The van der Waals surface area contributed by atoms with Gasteiger partial charge in [-0.3, -0.25) is 0 Å². The maximum absolute atomic E-state index is 3.65. The topological polar surface area (TPSA) is 12.0 Å².